The lowest BCUT2D eigenvalue weighted by Gasteiger charge is -2.17. The van der Waals surface area contributed by atoms with Crippen LogP contribution >= 0.6 is 0 Å². The van der Waals surface area contributed by atoms with E-state index in [0.717, 1.165) is 29.9 Å². The third kappa shape index (κ3) is 3.04. The van der Waals surface area contributed by atoms with Crippen LogP contribution in [0.4, 0.5) is 8.78 Å². The van der Waals surface area contributed by atoms with E-state index in [2.05, 4.69) is 0 Å². The van der Waals surface area contributed by atoms with E-state index in [9.17, 15) is 13.6 Å². The van der Waals surface area contributed by atoms with Gasteiger partial charge in [0, 0.05) is 19.0 Å². The molecule has 5 heteroatoms. The molecule has 1 saturated heterocycles. The van der Waals surface area contributed by atoms with Crippen LogP contribution in [0.3, 0.4) is 0 Å². The smallest absolute Gasteiger partial charge is 0.259 e. The number of carbonyl (C=O) groups is 1. The molecule has 1 heterocycles. The molecule has 1 amide bonds. The molecule has 1 aliphatic heterocycles. The number of hydrogen-bond donors (Lipinski definition) is 0. The highest BCUT2D eigenvalue weighted by Gasteiger charge is 2.30. The van der Waals surface area contributed by atoms with Gasteiger partial charge in [-0.25, -0.2) is 8.78 Å². The van der Waals surface area contributed by atoms with Crippen LogP contribution in [0.15, 0.2) is 42.5 Å². The van der Waals surface area contributed by atoms with Gasteiger partial charge in [-0.3, -0.25) is 4.79 Å². The first-order valence-corrected chi connectivity index (χ1v) is 7.47. The Balaban J connectivity index is 1.75. The largest absolute Gasteiger partial charge is 0.497 e. The highest BCUT2D eigenvalue weighted by Crippen LogP contribution is 2.30. The summed E-state index contributed by atoms with van der Waals surface area (Å²) < 4.78 is 32.6. The Morgan fingerprint density at radius 3 is 2.39 bits per heavy atom. The van der Waals surface area contributed by atoms with Gasteiger partial charge in [-0.15, -0.1) is 0 Å². The molecule has 3 rings (SSSR count). The lowest BCUT2D eigenvalue weighted by molar-refractivity contribution is 0.0781. The van der Waals surface area contributed by atoms with E-state index in [1.54, 1.807) is 7.11 Å². The zero-order valence-corrected chi connectivity index (χ0v) is 12.8. The molecule has 1 atom stereocenters. The Hall–Kier alpha value is -2.43. The fraction of sp³-hybridized carbons (Fsp3) is 0.278. The van der Waals surface area contributed by atoms with Crippen molar-refractivity contribution in [1.29, 1.82) is 0 Å². The van der Waals surface area contributed by atoms with E-state index in [1.807, 2.05) is 24.3 Å². The van der Waals surface area contributed by atoms with Crippen LogP contribution in [0, 0.1) is 11.6 Å². The second kappa shape index (κ2) is 6.36. The number of carbonyl (C=O) groups excluding carboxylic acids is 1. The molecule has 0 bridgehead atoms. The Kier molecular flexibility index (Phi) is 4.28. The topological polar surface area (TPSA) is 29.5 Å². The summed E-state index contributed by atoms with van der Waals surface area (Å²) in [7, 11) is 1.61. The van der Waals surface area contributed by atoms with Gasteiger partial charge in [0.1, 0.15) is 22.9 Å². The molecule has 2 aromatic rings. The van der Waals surface area contributed by atoms with E-state index in [4.69, 9.17) is 4.74 Å². The molecule has 2 aromatic carbocycles. The van der Waals surface area contributed by atoms with Gasteiger partial charge in [0.2, 0.25) is 0 Å². The van der Waals surface area contributed by atoms with Crippen LogP contribution in [-0.2, 0) is 0 Å². The van der Waals surface area contributed by atoms with Gasteiger partial charge in [-0.05, 0) is 36.2 Å². The zero-order chi connectivity index (χ0) is 16.4. The van der Waals surface area contributed by atoms with Gasteiger partial charge in [-0.1, -0.05) is 18.2 Å². The molecule has 0 radical (unpaired) electrons. The quantitative estimate of drug-likeness (QED) is 0.865. The number of ether oxygens (including phenoxy) is 1. The first kappa shape index (κ1) is 15.5. The molecule has 0 aromatic heterocycles. The van der Waals surface area contributed by atoms with E-state index < -0.39 is 23.1 Å². The van der Waals surface area contributed by atoms with Crippen molar-refractivity contribution in [3.8, 4) is 5.75 Å². The third-order valence-corrected chi connectivity index (χ3v) is 4.24. The Bertz CT molecular complexity index is 695. The number of benzene rings is 2. The van der Waals surface area contributed by atoms with Gasteiger partial charge >= 0.3 is 0 Å². The zero-order valence-electron chi connectivity index (χ0n) is 12.8. The van der Waals surface area contributed by atoms with Crippen LogP contribution in [0.25, 0.3) is 0 Å². The highest BCUT2D eigenvalue weighted by atomic mass is 19.1. The fourth-order valence-electron chi connectivity index (χ4n) is 2.95. The number of methoxy groups -OCH3 is 1. The van der Waals surface area contributed by atoms with Crippen LogP contribution < -0.4 is 4.74 Å². The van der Waals surface area contributed by atoms with Crippen LogP contribution in [0.2, 0.25) is 0 Å². The van der Waals surface area contributed by atoms with Crippen molar-refractivity contribution >= 4 is 5.91 Å². The monoisotopic (exact) mass is 317 g/mol. The number of halogens is 2. The van der Waals surface area contributed by atoms with E-state index >= 15 is 0 Å². The second-order valence-corrected chi connectivity index (χ2v) is 5.61. The summed E-state index contributed by atoms with van der Waals surface area (Å²) in [6, 6.07) is 11.1. The maximum atomic E-state index is 13.8. The van der Waals surface area contributed by atoms with E-state index in [1.165, 1.54) is 11.0 Å². The van der Waals surface area contributed by atoms with Gasteiger partial charge in [0.05, 0.1) is 7.11 Å². The van der Waals surface area contributed by atoms with Gasteiger partial charge in [-0.2, -0.15) is 0 Å². The number of hydrogen-bond acceptors (Lipinski definition) is 2. The van der Waals surface area contributed by atoms with E-state index in [-0.39, 0.29) is 5.92 Å². The average molecular weight is 317 g/mol. The third-order valence-electron chi connectivity index (χ3n) is 4.24. The van der Waals surface area contributed by atoms with Crippen molar-refractivity contribution in [2.24, 2.45) is 0 Å². The molecule has 0 N–H and O–H groups in total. The van der Waals surface area contributed by atoms with Crippen LogP contribution in [-0.4, -0.2) is 31.0 Å². The van der Waals surface area contributed by atoms with Crippen molar-refractivity contribution in [3.63, 3.8) is 0 Å². The highest BCUT2D eigenvalue weighted by molar-refractivity contribution is 5.95. The van der Waals surface area contributed by atoms with Crippen LogP contribution in [0.5, 0.6) is 5.75 Å². The minimum absolute atomic E-state index is 0.166. The predicted molar refractivity (Wildman–Crippen MR) is 82.6 cm³/mol. The van der Waals surface area contributed by atoms with Crippen molar-refractivity contribution in [2.45, 2.75) is 12.3 Å². The molecular weight excluding hydrogens is 300 g/mol. The molecular formula is C18H17F2NO2. The standard InChI is InChI=1S/C18H17F2NO2/c1-23-14-7-5-12(6-8-14)13-9-10-21(11-13)18(22)17-15(19)3-2-4-16(17)20/h2-8,13H,9-11H2,1H3. The van der Waals surface area contributed by atoms with Crippen molar-refractivity contribution in [2.75, 3.05) is 20.2 Å². The Labute approximate surface area is 133 Å². The summed E-state index contributed by atoms with van der Waals surface area (Å²) in [6.07, 6.45) is 0.772. The number of rotatable bonds is 3. The lowest BCUT2D eigenvalue weighted by Crippen LogP contribution is -2.30. The SMILES string of the molecule is COc1ccc(C2CCN(C(=O)c3c(F)cccc3F)C2)cc1. The molecule has 1 fully saturated rings. The maximum absolute atomic E-state index is 13.8. The van der Waals surface area contributed by atoms with Crippen molar-refractivity contribution in [3.05, 3.63) is 65.2 Å². The molecule has 0 saturated carbocycles. The maximum Gasteiger partial charge on any atom is 0.259 e. The minimum Gasteiger partial charge on any atom is -0.497 e. The molecule has 120 valence electrons. The first-order valence-electron chi connectivity index (χ1n) is 7.47. The molecule has 1 aliphatic rings. The van der Waals surface area contributed by atoms with Crippen LogP contribution in [0.1, 0.15) is 28.3 Å². The van der Waals surface area contributed by atoms with Gasteiger partial charge in [0.25, 0.3) is 5.91 Å². The van der Waals surface area contributed by atoms with Gasteiger partial charge in [0.15, 0.2) is 0 Å². The van der Waals surface area contributed by atoms with Crippen molar-refractivity contribution < 1.29 is 18.3 Å². The summed E-state index contributed by atoms with van der Waals surface area (Å²) >= 11 is 0. The summed E-state index contributed by atoms with van der Waals surface area (Å²) in [5, 5.41) is 0. The Morgan fingerprint density at radius 2 is 1.78 bits per heavy atom. The minimum atomic E-state index is -0.817. The number of nitrogens with zero attached hydrogens (tertiary/aromatic N) is 1. The summed E-state index contributed by atoms with van der Waals surface area (Å²) in [4.78, 5) is 13.9. The lowest BCUT2D eigenvalue weighted by atomic mass is 9.98. The number of likely N-dealkylation sites (tertiary alicyclic amines) is 1. The molecule has 0 spiro atoms. The van der Waals surface area contributed by atoms with Gasteiger partial charge < -0.3 is 9.64 Å². The predicted octanol–water partition coefficient (Wildman–Crippen LogP) is 3.60. The summed E-state index contributed by atoms with van der Waals surface area (Å²) in [6.45, 7) is 0.947. The number of amides is 1. The molecule has 1 unspecified atom stereocenters. The normalized spacial score (nSPS) is 17.3. The van der Waals surface area contributed by atoms with Crippen molar-refractivity contribution in [1.82, 2.24) is 4.90 Å². The molecule has 23 heavy (non-hydrogen) atoms. The Morgan fingerprint density at radius 1 is 1.13 bits per heavy atom. The fourth-order valence-corrected chi connectivity index (χ4v) is 2.95. The first-order chi connectivity index (χ1) is 11.1. The molecule has 3 nitrogen and oxygen atoms in total. The van der Waals surface area contributed by atoms with E-state index in [0.29, 0.717) is 13.1 Å². The summed E-state index contributed by atoms with van der Waals surface area (Å²) in [5.41, 5.74) is 0.623. The molecule has 0 aliphatic carbocycles. The average Bonchev–Trinajstić information content (AvgIpc) is 3.04. The second-order valence-electron chi connectivity index (χ2n) is 5.61. The summed E-state index contributed by atoms with van der Waals surface area (Å²) in [5.74, 6) is -1.28.